The van der Waals surface area contributed by atoms with Gasteiger partial charge < -0.3 is 4.57 Å². The zero-order chi connectivity index (χ0) is 26.6. The van der Waals surface area contributed by atoms with Crippen LogP contribution in [0.3, 0.4) is 0 Å². The Morgan fingerprint density at radius 1 is 0.590 bits per heavy atom. The first-order chi connectivity index (χ1) is 19.0. The first-order valence-corrected chi connectivity index (χ1v) is 16.9. The molecule has 0 bridgehead atoms. The average Bonchev–Trinajstić information content (AvgIpc) is 3.30. The van der Waals surface area contributed by atoms with Gasteiger partial charge in [0, 0.05) is 45.4 Å². The minimum Gasteiger partial charge on any atom is -0.309 e. The van der Waals surface area contributed by atoms with Gasteiger partial charge in [0.2, 0.25) is 0 Å². The molecule has 3 aromatic heterocycles. The third kappa shape index (κ3) is 4.05. The summed E-state index contributed by atoms with van der Waals surface area (Å²) >= 11 is 0. The summed E-state index contributed by atoms with van der Waals surface area (Å²) in [4.78, 5) is 9.48. The molecule has 0 atom stereocenters. The molecular formula is C35H29N3Si. The van der Waals surface area contributed by atoms with E-state index in [-0.39, 0.29) is 0 Å². The lowest BCUT2D eigenvalue weighted by atomic mass is 10.0. The Morgan fingerprint density at radius 3 is 2.31 bits per heavy atom. The van der Waals surface area contributed by atoms with Gasteiger partial charge in [-0.3, -0.25) is 9.97 Å². The smallest absolute Gasteiger partial charge is 0.0780 e. The van der Waals surface area contributed by atoms with Crippen LogP contribution in [0.5, 0.6) is 0 Å². The summed E-state index contributed by atoms with van der Waals surface area (Å²) in [6, 6.07) is 39.2. The fraction of sp³-hybridized carbons (Fsp3) is 0.0857. The summed E-state index contributed by atoms with van der Waals surface area (Å²) in [7, 11) is -1.45. The lowest BCUT2D eigenvalue weighted by Crippen LogP contribution is -2.37. The third-order valence-corrected chi connectivity index (χ3v) is 9.69. The van der Waals surface area contributed by atoms with Gasteiger partial charge in [-0.2, -0.15) is 0 Å². The quantitative estimate of drug-likeness (QED) is 0.218. The molecular weight excluding hydrogens is 490 g/mol. The van der Waals surface area contributed by atoms with E-state index in [0.29, 0.717) is 0 Å². The van der Waals surface area contributed by atoms with Gasteiger partial charge in [-0.15, -0.1) is 0 Å². The Balaban J connectivity index is 1.45. The molecule has 3 heterocycles. The monoisotopic (exact) mass is 519 g/mol. The number of aromatic nitrogens is 3. The Kier molecular flexibility index (Phi) is 5.46. The normalized spacial score (nSPS) is 12.0. The van der Waals surface area contributed by atoms with Gasteiger partial charge in [-0.25, -0.2) is 0 Å². The third-order valence-electron chi connectivity index (χ3n) is 7.64. The average molecular weight is 520 g/mol. The number of para-hydroxylation sites is 2. The molecule has 0 aliphatic heterocycles. The molecule has 0 saturated heterocycles. The number of fused-ring (bicyclic) bond motifs is 4. The Hall–Kier alpha value is -4.54. The molecule has 0 saturated carbocycles. The first kappa shape index (κ1) is 23.6. The van der Waals surface area contributed by atoms with E-state index in [1.807, 2.05) is 18.5 Å². The van der Waals surface area contributed by atoms with E-state index in [1.54, 1.807) is 0 Å². The minimum absolute atomic E-state index is 1.03. The van der Waals surface area contributed by atoms with Crippen molar-refractivity contribution in [3.05, 3.63) is 122 Å². The number of hydrogen-bond donors (Lipinski definition) is 0. The van der Waals surface area contributed by atoms with Crippen LogP contribution in [0.2, 0.25) is 19.6 Å². The second-order valence-corrected chi connectivity index (χ2v) is 16.3. The predicted octanol–water partition coefficient (Wildman–Crippen LogP) is 8.61. The largest absolute Gasteiger partial charge is 0.309 e. The van der Waals surface area contributed by atoms with Crippen LogP contribution in [0.25, 0.3) is 60.8 Å². The fourth-order valence-corrected chi connectivity index (χ4v) is 6.76. The highest BCUT2D eigenvalue weighted by atomic mass is 28.3. The molecule has 188 valence electrons. The molecule has 0 amide bonds. The molecule has 3 nitrogen and oxygen atoms in total. The molecule has 7 rings (SSSR count). The second-order valence-electron chi connectivity index (χ2n) is 11.2. The van der Waals surface area contributed by atoms with Gasteiger partial charge in [0.25, 0.3) is 0 Å². The molecule has 0 aliphatic rings. The van der Waals surface area contributed by atoms with Crippen molar-refractivity contribution in [2.24, 2.45) is 0 Å². The number of pyridine rings is 2. The van der Waals surface area contributed by atoms with Gasteiger partial charge >= 0.3 is 0 Å². The zero-order valence-corrected chi connectivity index (χ0v) is 23.4. The van der Waals surface area contributed by atoms with Crippen molar-refractivity contribution in [2.45, 2.75) is 19.6 Å². The van der Waals surface area contributed by atoms with Crippen LogP contribution in [0.15, 0.2) is 122 Å². The summed E-state index contributed by atoms with van der Waals surface area (Å²) in [5.74, 6) is 0. The van der Waals surface area contributed by atoms with E-state index < -0.39 is 8.07 Å². The van der Waals surface area contributed by atoms with Crippen molar-refractivity contribution in [1.29, 1.82) is 0 Å². The summed E-state index contributed by atoms with van der Waals surface area (Å²) in [5.41, 5.74) is 9.01. The molecule has 0 fully saturated rings. The fourth-order valence-electron chi connectivity index (χ4n) is 5.61. The molecule has 0 N–H and O–H groups in total. The maximum absolute atomic E-state index is 4.76. The second kappa shape index (κ2) is 9.04. The van der Waals surface area contributed by atoms with Crippen molar-refractivity contribution in [3.63, 3.8) is 0 Å². The summed E-state index contributed by atoms with van der Waals surface area (Å²) in [6.45, 7) is 7.14. The molecule has 4 heteroatoms. The summed E-state index contributed by atoms with van der Waals surface area (Å²) in [6.07, 6.45) is 3.83. The van der Waals surface area contributed by atoms with Crippen LogP contribution in [-0.4, -0.2) is 22.6 Å². The highest BCUT2D eigenvalue weighted by Crippen LogP contribution is 2.36. The van der Waals surface area contributed by atoms with E-state index in [9.17, 15) is 0 Å². The van der Waals surface area contributed by atoms with Crippen molar-refractivity contribution < 1.29 is 0 Å². The van der Waals surface area contributed by atoms with Crippen molar-refractivity contribution in [2.75, 3.05) is 0 Å². The number of rotatable bonds is 4. The number of benzene rings is 4. The summed E-state index contributed by atoms with van der Waals surface area (Å²) < 4.78 is 2.39. The van der Waals surface area contributed by atoms with Gasteiger partial charge in [0.15, 0.2) is 0 Å². The topological polar surface area (TPSA) is 30.7 Å². The lowest BCUT2D eigenvalue weighted by Gasteiger charge is -2.17. The number of hydrogen-bond acceptors (Lipinski definition) is 2. The van der Waals surface area contributed by atoms with E-state index in [0.717, 1.165) is 39.0 Å². The van der Waals surface area contributed by atoms with Gasteiger partial charge in [0.05, 0.1) is 30.3 Å². The van der Waals surface area contributed by atoms with Gasteiger partial charge in [-0.05, 0) is 48.0 Å². The standard InChI is InChI=1S/C35H29N3Si/c1-39(2,3)28-18-20-36-32(23-28)26-10-6-12-27(21-26)38-33-15-5-4-13-30(33)31-17-16-25(22-34(31)38)29-14-7-9-24-11-8-19-37-35(24)29/h4-23H,1-3H3. The van der Waals surface area contributed by atoms with E-state index >= 15 is 0 Å². The van der Waals surface area contributed by atoms with E-state index in [1.165, 1.54) is 27.0 Å². The highest BCUT2D eigenvalue weighted by Gasteiger charge is 2.18. The van der Waals surface area contributed by atoms with Crippen LogP contribution in [0.1, 0.15) is 0 Å². The van der Waals surface area contributed by atoms with Crippen LogP contribution in [0, 0.1) is 0 Å². The molecule has 0 radical (unpaired) electrons. The van der Waals surface area contributed by atoms with Crippen LogP contribution in [-0.2, 0) is 0 Å². The maximum atomic E-state index is 4.76. The van der Waals surface area contributed by atoms with Crippen molar-refractivity contribution in [1.82, 2.24) is 14.5 Å². The summed E-state index contributed by atoms with van der Waals surface area (Å²) in [5, 5.41) is 5.06. The zero-order valence-electron chi connectivity index (χ0n) is 22.4. The SMILES string of the molecule is C[Si](C)(C)c1ccnc(-c2cccc(-n3c4ccccc4c4ccc(-c5cccc6cccnc56)cc43)c2)c1. The van der Waals surface area contributed by atoms with Crippen molar-refractivity contribution in [3.8, 4) is 28.1 Å². The van der Waals surface area contributed by atoms with Crippen molar-refractivity contribution >= 4 is 46.0 Å². The highest BCUT2D eigenvalue weighted by molar-refractivity contribution is 6.88. The minimum atomic E-state index is -1.45. The molecule has 39 heavy (non-hydrogen) atoms. The molecule has 0 aliphatic carbocycles. The van der Waals surface area contributed by atoms with Gasteiger partial charge in [0.1, 0.15) is 0 Å². The maximum Gasteiger partial charge on any atom is 0.0780 e. The number of nitrogens with zero attached hydrogens (tertiary/aromatic N) is 3. The van der Waals surface area contributed by atoms with Crippen LogP contribution < -0.4 is 5.19 Å². The molecule has 0 unspecified atom stereocenters. The lowest BCUT2D eigenvalue weighted by molar-refractivity contribution is 1.18. The predicted molar refractivity (Wildman–Crippen MR) is 168 cm³/mol. The molecule has 7 aromatic rings. The molecule has 0 spiro atoms. The Bertz CT molecular complexity index is 2010. The molecule has 4 aromatic carbocycles. The first-order valence-electron chi connectivity index (χ1n) is 13.4. The Labute approximate surface area is 229 Å². The van der Waals surface area contributed by atoms with Gasteiger partial charge in [-0.1, -0.05) is 91.6 Å². The van der Waals surface area contributed by atoms with E-state index in [4.69, 9.17) is 9.97 Å². The van der Waals surface area contributed by atoms with Crippen LogP contribution >= 0.6 is 0 Å². The Morgan fingerprint density at radius 2 is 1.41 bits per heavy atom. The van der Waals surface area contributed by atoms with E-state index in [2.05, 4.69) is 127 Å². The van der Waals surface area contributed by atoms with Crippen LogP contribution in [0.4, 0.5) is 0 Å².